The Labute approximate surface area is 169 Å². The van der Waals surface area contributed by atoms with Crippen molar-refractivity contribution >= 4 is 5.91 Å². The summed E-state index contributed by atoms with van der Waals surface area (Å²) in [5.41, 5.74) is 2.76. The lowest BCUT2D eigenvalue weighted by Crippen LogP contribution is -2.48. The van der Waals surface area contributed by atoms with Crippen LogP contribution in [0.25, 0.3) is 0 Å². The van der Waals surface area contributed by atoms with Crippen molar-refractivity contribution in [2.45, 2.75) is 32.1 Å². The fourth-order valence-electron chi connectivity index (χ4n) is 3.79. The van der Waals surface area contributed by atoms with Crippen molar-refractivity contribution in [3.63, 3.8) is 0 Å². The Morgan fingerprint density at radius 2 is 1.93 bits per heavy atom. The third-order valence-corrected chi connectivity index (χ3v) is 5.51. The number of methoxy groups -OCH3 is 1. The first-order chi connectivity index (χ1) is 13.5. The number of nitrogens with zero attached hydrogens (tertiary/aromatic N) is 1. The highest BCUT2D eigenvalue weighted by Crippen LogP contribution is 2.36. The maximum absolute atomic E-state index is 12.9. The van der Waals surface area contributed by atoms with E-state index in [2.05, 4.69) is 47.6 Å². The van der Waals surface area contributed by atoms with Gasteiger partial charge in [-0.2, -0.15) is 0 Å². The van der Waals surface area contributed by atoms with Crippen molar-refractivity contribution in [1.82, 2.24) is 10.2 Å². The minimum Gasteiger partial charge on any atom is -0.496 e. The molecule has 1 amide bonds. The normalized spacial score (nSPS) is 17.0. The quantitative estimate of drug-likeness (QED) is 0.415. The van der Waals surface area contributed by atoms with Gasteiger partial charge in [0.15, 0.2) is 0 Å². The molecule has 28 heavy (non-hydrogen) atoms. The maximum atomic E-state index is 12.9. The summed E-state index contributed by atoms with van der Waals surface area (Å²) < 4.78 is 5.35. The van der Waals surface area contributed by atoms with Gasteiger partial charge in [-0.15, -0.1) is 0 Å². The number of hydrogen-bond donors (Lipinski definition) is 1. The van der Waals surface area contributed by atoms with Gasteiger partial charge in [0.25, 0.3) is 5.91 Å². The number of carbonyl (C=O) groups is 1. The molecule has 0 atom stereocenters. The first-order valence-corrected chi connectivity index (χ1v) is 9.75. The van der Waals surface area contributed by atoms with E-state index in [1.807, 2.05) is 19.9 Å². The fourth-order valence-corrected chi connectivity index (χ4v) is 3.79. The summed E-state index contributed by atoms with van der Waals surface area (Å²) >= 11 is 0. The molecule has 1 fully saturated rings. The van der Waals surface area contributed by atoms with E-state index in [1.165, 1.54) is 5.56 Å². The second-order valence-electron chi connectivity index (χ2n) is 7.22. The summed E-state index contributed by atoms with van der Waals surface area (Å²) in [4.78, 5) is 15.2. The van der Waals surface area contributed by atoms with Gasteiger partial charge in [-0.25, -0.2) is 0 Å². The molecule has 1 aromatic carbocycles. The molecule has 1 saturated heterocycles. The lowest BCUT2D eigenvalue weighted by Gasteiger charge is -2.43. The zero-order valence-electron chi connectivity index (χ0n) is 17.3. The molecule has 0 unspecified atom stereocenters. The van der Waals surface area contributed by atoms with Gasteiger partial charge in [0, 0.05) is 30.7 Å². The SMILES string of the molecule is C=C/C=C(C(=O)NCC1(c2ccccc2)CCN(C(=C)C)CC1)\C(=C/C)OC. The van der Waals surface area contributed by atoms with E-state index >= 15 is 0 Å². The number of likely N-dealkylation sites (tertiary alicyclic amines) is 1. The number of rotatable bonds is 8. The smallest absolute Gasteiger partial charge is 0.255 e. The first kappa shape index (κ1) is 21.5. The van der Waals surface area contributed by atoms with Crippen LogP contribution in [0.3, 0.4) is 0 Å². The molecule has 0 radical (unpaired) electrons. The maximum Gasteiger partial charge on any atom is 0.255 e. The van der Waals surface area contributed by atoms with E-state index in [0.717, 1.165) is 31.6 Å². The Morgan fingerprint density at radius 1 is 1.29 bits per heavy atom. The number of piperidine rings is 1. The summed E-state index contributed by atoms with van der Waals surface area (Å²) in [5.74, 6) is 0.399. The molecular formula is C24H32N2O2. The van der Waals surface area contributed by atoms with Crippen molar-refractivity contribution in [3.8, 4) is 0 Å². The van der Waals surface area contributed by atoms with E-state index in [9.17, 15) is 4.79 Å². The second-order valence-corrected chi connectivity index (χ2v) is 7.22. The number of benzene rings is 1. The van der Waals surface area contributed by atoms with Crippen LogP contribution in [-0.4, -0.2) is 37.6 Å². The van der Waals surface area contributed by atoms with Gasteiger partial charge in [0.05, 0.1) is 12.7 Å². The molecule has 0 saturated carbocycles. The summed E-state index contributed by atoms with van der Waals surface area (Å²) in [7, 11) is 1.57. The van der Waals surface area contributed by atoms with Crippen LogP contribution in [0.1, 0.15) is 32.3 Å². The van der Waals surface area contributed by atoms with E-state index in [-0.39, 0.29) is 11.3 Å². The van der Waals surface area contributed by atoms with Crippen LogP contribution in [0.2, 0.25) is 0 Å². The van der Waals surface area contributed by atoms with Crippen molar-refractivity contribution in [2.75, 3.05) is 26.7 Å². The fraction of sp³-hybridized carbons (Fsp3) is 0.375. The molecule has 1 N–H and O–H groups in total. The zero-order valence-corrected chi connectivity index (χ0v) is 17.3. The van der Waals surface area contributed by atoms with Gasteiger partial charge in [-0.05, 0) is 44.4 Å². The summed E-state index contributed by atoms with van der Waals surface area (Å²) in [6.45, 7) is 14.1. The molecule has 1 aromatic rings. The molecule has 2 rings (SSSR count). The van der Waals surface area contributed by atoms with Gasteiger partial charge in [-0.1, -0.05) is 49.6 Å². The predicted octanol–water partition coefficient (Wildman–Crippen LogP) is 4.33. The Hall–Kier alpha value is -2.75. The van der Waals surface area contributed by atoms with E-state index < -0.39 is 0 Å². The second kappa shape index (κ2) is 9.98. The third kappa shape index (κ3) is 4.94. The highest BCUT2D eigenvalue weighted by Gasteiger charge is 2.36. The molecule has 0 bridgehead atoms. The molecule has 150 valence electrons. The molecule has 0 aromatic heterocycles. The Bertz CT molecular complexity index is 754. The number of amides is 1. The minimum absolute atomic E-state index is 0.0919. The predicted molar refractivity (Wildman–Crippen MR) is 116 cm³/mol. The molecule has 1 aliphatic heterocycles. The number of hydrogen-bond acceptors (Lipinski definition) is 3. The van der Waals surface area contributed by atoms with E-state index in [0.29, 0.717) is 17.9 Å². The van der Waals surface area contributed by atoms with Crippen LogP contribution in [0, 0.1) is 0 Å². The monoisotopic (exact) mass is 380 g/mol. The van der Waals surface area contributed by atoms with Gasteiger partial charge >= 0.3 is 0 Å². The Kier molecular flexibility index (Phi) is 7.68. The number of carbonyl (C=O) groups excluding carboxylic acids is 1. The van der Waals surface area contributed by atoms with Crippen molar-refractivity contribution in [2.24, 2.45) is 0 Å². The van der Waals surface area contributed by atoms with Gasteiger partial charge < -0.3 is 15.0 Å². The third-order valence-electron chi connectivity index (χ3n) is 5.51. The first-order valence-electron chi connectivity index (χ1n) is 9.75. The summed E-state index contributed by atoms with van der Waals surface area (Å²) in [5, 5.41) is 3.15. The largest absolute Gasteiger partial charge is 0.496 e. The molecule has 0 aliphatic carbocycles. The number of nitrogens with one attached hydrogen (secondary N) is 1. The van der Waals surface area contributed by atoms with Crippen LogP contribution >= 0.6 is 0 Å². The zero-order chi connectivity index (χ0) is 20.6. The van der Waals surface area contributed by atoms with E-state index in [1.54, 1.807) is 25.3 Å². The Morgan fingerprint density at radius 3 is 2.43 bits per heavy atom. The van der Waals surface area contributed by atoms with E-state index in [4.69, 9.17) is 4.74 Å². The molecule has 4 nitrogen and oxygen atoms in total. The number of ether oxygens (including phenoxy) is 1. The van der Waals surface area contributed by atoms with Crippen LogP contribution in [0.15, 0.2) is 78.7 Å². The van der Waals surface area contributed by atoms with Gasteiger partial charge in [-0.3, -0.25) is 4.79 Å². The van der Waals surface area contributed by atoms with Crippen LogP contribution in [0.4, 0.5) is 0 Å². The Balaban J connectivity index is 2.22. The van der Waals surface area contributed by atoms with Gasteiger partial charge in [0.1, 0.15) is 5.76 Å². The minimum atomic E-state index is -0.146. The van der Waals surface area contributed by atoms with Crippen molar-refractivity contribution in [1.29, 1.82) is 0 Å². The molecule has 1 heterocycles. The van der Waals surface area contributed by atoms with Crippen LogP contribution in [0.5, 0.6) is 0 Å². The summed E-state index contributed by atoms with van der Waals surface area (Å²) in [6.07, 6.45) is 7.01. The van der Waals surface area contributed by atoms with Crippen LogP contribution in [-0.2, 0) is 14.9 Å². The summed E-state index contributed by atoms with van der Waals surface area (Å²) in [6, 6.07) is 10.5. The number of allylic oxidation sites excluding steroid dienone is 4. The lowest BCUT2D eigenvalue weighted by molar-refractivity contribution is -0.117. The van der Waals surface area contributed by atoms with Gasteiger partial charge in [0.2, 0.25) is 0 Å². The lowest BCUT2D eigenvalue weighted by atomic mass is 9.72. The molecule has 1 aliphatic rings. The molecule has 0 spiro atoms. The van der Waals surface area contributed by atoms with Crippen molar-refractivity contribution in [3.05, 3.63) is 84.3 Å². The molecule has 4 heteroatoms. The highest BCUT2D eigenvalue weighted by molar-refractivity contribution is 5.97. The standard InChI is InChI=1S/C24H32N2O2/c1-6-11-21(22(7-2)28-5)23(27)25-18-24(20-12-9-8-10-13-20)14-16-26(17-15-24)19(3)4/h6-13H,1,3,14-18H2,2,4-5H3,(H,25,27)/b21-11+,22-7+. The topological polar surface area (TPSA) is 41.6 Å². The van der Waals surface area contributed by atoms with Crippen molar-refractivity contribution < 1.29 is 9.53 Å². The van der Waals surface area contributed by atoms with Crippen LogP contribution < -0.4 is 5.32 Å². The average molecular weight is 381 g/mol. The molecular weight excluding hydrogens is 348 g/mol. The average Bonchev–Trinajstić information content (AvgIpc) is 2.73. The highest BCUT2D eigenvalue weighted by atomic mass is 16.5.